The first-order chi connectivity index (χ1) is 11.7. The molecule has 1 aliphatic heterocycles. The molecule has 0 aliphatic carbocycles. The molecule has 0 spiro atoms. The zero-order chi connectivity index (χ0) is 16.8. The highest BCUT2D eigenvalue weighted by molar-refractivity contribution is 6.35. The van der Waals surface area contributed by atoms with E-state index >= 15 is 0 Å². The molecule has 1 N–H and O–H groups in total. The fourth-order valence-electron chi connectivity index (χ4n) is 2.28. The number of aromatic nitrogens is 6. The lowest BCUT2D eigenvalue weighted by atomic mass is 10.1. The number of H-pyrrole nitrogens is 1. The monoisotopic (exact) mass is 368 g/mol. The first-order valence-electron chi connectivity index (χ1n) is 7.06. The van der Waals surface area contributed by atoms with Gasteiger partial charge in [-0.05, 0) is 12.1 Å². The number of hydrogen-bond acceptors (Lipinski definition) is 6. The minimum atomic E-state index is -0.935. The van der Waals surface area contributed by atoms with Gasteiger partial charge in [-0.25, -0.2) is 9.67 Å². The third kappa shape index (κ3) is 3.90. The number of ether oxygens (including phenoxy) is 2. The highest BCUT2D eigenvalue weighted by atomic mass is 35.5. The van der Waals surface area contributed by atoms with Gasteiger partial charge in [0.15, 0.2) is 0 Å². The molecule has 0 atom stereocenters. The molecule has 3 heterocycles. The van der Waals surface area contributed by atoms with Gasteiger partial charge in [0.25, 0.3) is 0 Å². The van der Waals surface area contributed by atoms with E-state index < -0.39 is 5.79 Å². The SMILES string of the molecule is Clc1ccc(C2(Cn3cncn3)OCCO2)c(Cl)c1.c1c[nH]nn1. The molecule has 4 rings (SSSR count). The lowest BCUT2D eigenvalue weighted by Gasteiger charge is -2.28. The minimum absolute atomic E-state index is 0.383. The van der Waals surface area contributed by atoms with Crippen LogP contribution in [-0.4, -0.2) is 43.4 Å². The van der Waals surface area contributed by atoms with E-state index in [1.807, 2.05) is 6.07 Å². The summed E-state index contributed by atoms with van der Waals surface area (Å²) >= 11 is 12.2. The first-order valence-corrected chi connectivity index (χ1v) is 7.81. The first kappa shape index (κ1) is 16.8. The van der Waals surface area contributed by atoms with Crippen LogP contribution in [0.4, 0.5) is 0 Å². The Morgan fingerprint density at radius 3 is 2.62 bits per heavy atom. The van der Waals surface area contributed by atoms with E-state index in [0.717, 1.165) is 5.56 Å². The number of aromatic amines is 1. The smallest absolute Gasteiger partial charge is 0.216 e. The maximum absolute atomic E-state index is 6.25. The molecule has 24 heavy (non-hydrogen) atoms. The summed E-state index contributed by atoms with van der Waals surface area (Å²) in [6.45, 7) is 1.40. The number of hydrogen-bond donors (Lipinski definition) is 1. The molecule has 1 aromatic carbocycles. The van der Waals surface area contributed by atoms with Gasteiger partial charge in [0.2, 0.25) is 5.79 Å². The average Bonchev–Trinajstić information content (AvgIpc) is 3.33. The highest BCUT2D eigenvalue weighted by Crippen LogP contribution is 2.38. The molecule has 0 amide bonds. The van der Waals surface area contributed by atoms with Crippen molar-refractivity contribution in [3.8, 4) is 0 Å². The number of rotatable bonds is 3. The van der Waals surface area contributed by atoms with E-state index in [4.69, 9.17) is 32.7 Å². The summed E-state index contributed by atoms with van der Waals surface area (Å²) in [6, 6.07) is 5.25. The molecule has 2 aromatic heterocycles. The number of benzene rings is 1. The van der Waals surface area contributed by atoms with Gasteiger partial charge in [0.1, 0.15) is 19.2 Å². The van der Waals surface area contributed by atoms with Crippen molar-refractivity contribution in [2.24, 2.45) is 0 Å². The van der Waals surface area contributed by atoms with Gasteiger partial charge >= 0.3 is 0 Å². The summed E-state index contributed by atoms with van der Waals surface area (Å²) in [5.41, 5.74) is 0.742. The molecule has 1 fully saturated rings. The third-order valence-corrected chi connectivity index (χ3v) is 3.81. The maximum atomic E-state index is 6.25. The largest absolute Gasteiger partial charge is 0.342 e. The van der Waals surface area contributed by atoms with Crippen molar-refractivity contribution in [1.82, 2.24) is 30.2 Å². The van der Waals surface area contributed by atoms with Crippen molar-refractivity contribution >= 4 is 23.2 Å². The Bertz CT molecular complexity index is 728. The van der Waals surface area contributed by atoms with Gasteiger partial charge in [-0.3, -0.25) is 5.10 Å². The predicted octanol–water partition coefficient (Wildman–Crippen LogP) is 2.29. The van der Waals surface area contributed by atoms with Crippen molar-refractivity contribution in [3.63, 3.8) is 0 Å². The van der Waals surface area contributed by atoms with Crippen molar-refractivity contribution in [2.45, 2.75) is 12.3 Å². The van der Waals surface area contributed by atoms with Gasteiger partial charge in [-0.1, -0.05) is 34.5 Å². The van der Waals surface area contributed by atoms with Crippen molar-refractivity contribution < 1.29 is 9.47 Å². The summed E-state index contributed by atoms with van der Waals surface area (Å²) in [7, 11) is 0. The molecule has 1 aliphatic rings. The Kier molecular flexibility index (Phi) is 5.41. The van der Waals surface area contributed by atoms with E-state index in [-0.39, 0.29) is 0 Å². The van der Waals surface area contributed by atoms with E-state index in [2.05, 4.69) is 25.5 Å². The molecular weight excluding hydrogens is 355 g/mol. The molecule has 0 unspecified atom stereocenters. The Morgan fingerprint density at radius 2 is 2.08 bits per heavy atom. The number of nitrogens with zero attached hydrogens (tertiary/aromatic N) is 5. The summed E-state index contributed by atoms with van der Waals surface area (Å²) < 4.78 is 13.2. The summed E-state index contributed by atoms with van der Waals surface area (Å²) in [5, 5.41) is 14.4. The Balaban J connectivity index is 0.000000290. The topological polar surface area (TPSA) is 90.7 Å². The van der Waals surface area contributed by atoms with Crippen LogP contribution in [0.15, 0.2) is 43.2 Å². The fourth-order valence-corrected chi connectivity index (χ4v) is 2.83. The molecule has 126 valence electrons. The van der Waals surface area contributed by atoms with Gasteiger partial charge in [-0.15, -0.1) is 5.10 Å². The molecule has 0 bridgehead atoms. The molecule has 3 aromatic rings. The highest BCUT2D eigenvalue weighted by Gasteiger charge is 2.41. The summed E-state index contributed by atoms with van der Waals surface area (Å²) in [6.07, 6.45) is 6.31. The molecule has 8 nitrogen and oxygen atoms in total. The molecule has 1 saturated heterocycles. The predicted molar refractivity (Wildman–Crippen MR) is 86.4 cm³/mol. The molecule has 0 saturated carbocycles. The van der Waals surface area contributed by atoms with Gasteiger partial charge in [0.05, 0.1) is 24.4 Å². The minimum Gasteiger partial charge on any atom is -0.342 e. The summed E-state index contributed by atoms with van der Waals surface area (Å²) in [4.78, 5) is 3.91. The second-order valence-corrected chi connectivity index (χ2v) is 5.67. The molecule has 10 heteroatoms. The second kappa shape index (κ2) is 7.71. The van der Waals surface area contributed by atoms with E-state index in [1.54, 1.807) is 35.5 Å². The van der Waals surface area contributed by atoms with Crippen LogP contribution in [-0.2, 0) is 21.8 Å². The Labute approximate surface area is 147 Å². The van der Waals surface area contributed by atoms with Crippen LogP contribution in [0.25, 0.3) is 0 Å². The van der Waals surface area contributed by atoms with Crippen molar-refractivity contribution in [2.75, 3.05) is 13.2 Å². The fraction of sp³-hybridized carbons (Fsp3) is 0.286. The lowest BCUT2D eigenvalue weighted by Crippen LogP contribution is -2.33. The quantitative estimate of drug-likeness (QED) is 0.762. The standard InChI is InChI=1S/C12H11Cl2N3O2.C2H3N3/c13-9-1-2-10(11(14)5-9)12(18-3-4-19-12)6-17-8-15-7-16-17;1-2-4-5-3-1/h1-2,5,7-8H,3-4,6H2;1-2H,(H,3,4,5). The van der Waals surface area contributed by atoms with Gasteiger partial charge in [0, 0.05) is 16.8 Å². The average molecular weight is 369 g/mol. The van der Waals surface area contributed by atoms with Crippen LogP contribution in [0.2, 0.25) is 10.0 Å². The number of halogens is 2. The maximum Gasteiger partial charge on any atom is 0.216 e. The number of nitrogens with one attached hydrogen (secondary N) is 1. The van der Waals surface area contributed by atoms with Crippen LogP contribution in [0.3, 0.4) is 0 Å². The van der Waals surface area contributed by atoms with Crippen molar-refractivity contribution in [3.05, 3.63) is 58.9 Å². The summed E-state index contributed by atoms with van der Waals surface area (Å²) in [5.74, 6) is -0.935. The zero-order valence-electron chi connectivity index (χ0n) is 12.5. The van der Waals surface area contributed by atoms with Crippen LogP contribution in [0.1, 0.15) is 5.56 Å². The van der Waals surface area contributed by atoms with Gasteiger partial charge in [-0.2, -0.15) is 5.10 Å². The lowest BCUT2D eigenvalue weighted by molar-refractivity contribution is -0.177. The van der Waals surface area contributed by atoms with E-state index in [0.29, 0.717) is 29.8 Å². The van der Waals surface area contributed by atoms with Crippen LogP contribution < -0.4 is 0 Å². The van der Waals surface area contributed by atoms with Crippen LogP contribution in [0, 0.1) is 0 Å². The van der Waals surface area contributed by atoms with Crippen molar-refractivity contribution in [1.29, 1.82) is 0 Å². The van der Waals surface area contributed by atoms with E-state index in [1.165, 1.54) is 6.33 Å². The Hall–Kier alpha value is -2.00. The zero-order valence-corrected chi connectivity index (χ0v) is 14.0. The van der Waals surface area contributed by atoms with Crippen LogP contribution in [0.5, 0.6) is 0 Å². The Morgan fingerprint density at radius 1 is 1.25 bits per heavy atom. The molecular formula is C14H14Cl2N6O2. The third-order valence-electron chi connectivity index (χ3n) is 3.26. The van der Waals surface area contributed by atoms with E-state index in [9.17, 15) is 0 Å². The second-order valence-electron chi connectivity index (χ2n) is 4.83. The normalized spacial score (nSPS) is 15.8. The van der Waals surface area contributed by atoms with Crippen LogP contribution >= 0.6 is 23.2 Å². The molecule has 0 radical (unpaired) electrons. The van der Waals surface area contributed by atoms with Gasteiger partial charge < -0.3 is 9.47 Å².